The van der Waals surface area contributed by atoms with Crippen LogP contribution in [-0.4, -0.2) is 48.6 Å². The molecule has 0 radical (unpaired) electrons. The van der Waals surface area contributed by atoms with Crippen LogP contribution in [-0.2, 0) is 21.3 Å². The van der Waals surface area contributed by atoms with Crippen LogP contribution in [0, 0.1) is 0 Å². The van der Waals surface area contributed by atoms with Crippen molar-refractivity contribution < 1.29 is 22.9 Å². The van der Waals surface area contributed by atoms with Crippen LogP contribution in [0.15, 0.2) is 23.1 Å². The monoisotopic (exact) mass is 421 g/mol. The van der Waals surface area contributed by atoms with Crippen LogP contribution in [0.5, 0.6) is 0 Å². The third kappa shape index (κ3) is 3.23. The molecule has 0 aliphatic heterocycles. The SMILES string of the molecule is Nc1nc(NNc2c(CC(=O)O)nn3c2[nH]c2ccc(S(=O)(=O)O)cc23)[nH]c1N. The number of benzene rings is 1. The molecular weight excluding hydrogens is 406 g/mol. The van der Waals surface area contributed by atoms with E-state index in [9.17, 15) is 22.9 Å². The van der Waals surface area contributed by atoms with Crippen molar-refractivity contribution in [2.75, 3.05) is 22.3 Å². The van der Waals surface area contributed by atoms with Crippen LogP contribution in [0.25, 0.3) is 16.7 Å². The van der Waals surface area contributed by atoms with E-state index in [1.165, 1.54) is 22.7 Å². The van der Waals surface area contributed by atoms with E-state index in [-0.39, 0.29) is 33.9 Å². The summed E-state index contributed by atoms with van der Waals surface area (Å²) >= 11 is 0. The summed E-state index contributed by atoms with van der Waals surface area (Å²) in [4.78, 5) is 20.5. The predicted octanol–water partition coefficient (Wildman–Crippen LogP) is 0.0159. The Morgan fingerprint density at radius 1 is 1.24 bits per heavy atom. The molecule has 15 heteroatoms. The molecule has 0 saturated heterocycles. The van der Waals surface area contributed by atoms with Gasteiger partial charge in [-0.2, -0.15) is 18.5 Å². The molecule has 0 unspecified atom stereocenters. The molecule has 0 spiro atoms. The van der Waals surface area contributed by atoms with Crippen LogP contribution < -0.4 is 22.3 Å². The fourth-order valence-corrected chi connectivity index (χ4v) is 3.31. The van der Waals surface area contributed by atoms with Gasteiger partial charge < -0.3 is 26.5 Å². The Morgan fingerprint density at radius 3 is 2.62 bits per heavy atom. The number of aromatic nitrogens is 5. The zero-order valence-electron chi connectivity index (χ0n) is 14.5. The minimum Gasteiger partial charge on any atom is -0.481 e. The van der Waals surface area contributed by atoms with Gasteiger partial charge in [0.2, 0.25) is 5.95 Å². The number of nitrogen functional groups attached to an aromatic ring is 2. The average Bonchev–Trinajstić information content (AvgIpc) is 3.24. The molecule has 10 N–H and O–H groups in total. The van der Waals surface area contributed by atoms with Crippen molar-refractivity contribution in [1.82, 2.24) is 24.6 Å². The van der Waals surface area contributed by atoms with Crippen molar-refractivity contribution in [2.45, 2.75) is 11.3 Å². The third-order valence-corrected chi connectivity index (χ3v) is 4.94. The summed E-state index contributed by atoms with van der Waals surface area (Å²) in [6.45, 7) is 0. The van der Waals surface area contributed by atoms with Crippen LogP contribution in [0.3, 0.4) is 0 Å². The van der Waals surface area contributed by atoms with Gasteiger partial charge in [0.1, 0.15) is 17.2 Å². The van der Waals surface area contributed by atoms with E-state index in [1.54, 1.807) is 0 Å². The second-order valence-corrected chi connectivity index (χ2v) is 7.49. The second kappa shape index (κ2) is 6.28. The van der Waals surface area contributed by atoms with Crippen molar-refractivity contribution >= 4 is 56.0 Å². The first kappa shape index (κ1) is 18.4. The molecule has 0 amide bonds. The van der Waals surface area contributed by atoms with Crippen molar-refractivity contribution in [3.63, 3.8) is 0 Å². The molecule has 1 aromatic carbocycles. The number of aromatic amines is 2. The second-order valence-electron chi connectivity index (χ2n) is 6.07. The van der Waals surface area contributed by atoms with E-state index in [4.69, 9.17) is 11.5 Å². The van der Waals surface area contributed by atoms with Gasteiger partial charge >= 0.3 is 5.97 Å². The minimum atomic E-state index is -4.42. The molecule has 14 nitrogen and oxygen atoms in total. The Morgan fingerprint density at radius 2 is 2.00 bits per heavy atom. The smallest absolute Gasteiger partial charge is 0.309 e. The number of nitrogens with one attached hydrogen (secondary N) is 4. The Kier molecular flexibility index (Phi) is 3.98. The van der Waals surface area contributed by atoms with Gasteiger partial charge in [0.05, 0.1) is 22.3 Å². The van der Waals surface area contributed by atoms with Gasteiger partial charge in [-0.15, -0.1) is 0 Å². The number of carboxylic acid groups (broad SMARTS) is 1. The molecule has 4 aromatic rings. The van der Waals surface area contributed by atoms with Crippen molar-refractivity contribution in [3.8, 4) is 0 Å². The number of aliphatic carboxylic acids is 1. The van der Waals surface area contributed by atoms with Gasteiger partial charge in [-0.1, -0.05) is 0 Å². The zero-order valence-corrected chi connectivity index (χ0v) is 15.3. The number of H-pyrrole nitrogens is 2. The lowest BCUT2D eigenvalue weighted by molar-refractivity contribution is -0.136. The Balaban J connectivity index is 1.82. The van der Waals surface area contributed by atoms with Gasteiger partial charge in [-0.25, -0.2) is 4.52 Å². The number of rotatable bonds is 6. The number of carbonyl (C=O) groups is 1. The highest BCUT2D eigenvalue weighted by Gasteiger charge is 2.21. The van der Waals surface area contributed by atoms with Crippen LogP contribution >= 0.6 is 0 Å². The van der Waals surface area contributed by atoms with Crippen molar-refractivity contribution in [3.05, 3.63) is 23.9 Å². The highest BCUT2D eigenvalue weighted by molar-refractivity contribution is 7.85. The first-order valence-electron chi connectivity index (χ1n) is 7.99. The van der Waals surface area contributed by atoms with Crippen molar-refractivity contribution in [1.29, 1.82) is 0 Å². The van der Waals surface area contributed by atoms with E-state index in [0.717, 1.165) is 0 Å². The summed E-state index contributed by atoms with van der Waals surface area (Å²) in [7, 11) is -4.42. The maximum atomic E-state index is 11.4. The summed E-state index contributed by atoms with van der Waals surface area (Å²) < 4.78 is 33.5. The summed E-state index contributed by atoms with van der Waals surface area (Å²) in [6, 6.07) is 3.90. The molecule has 3 aromatic heterocycles. The topological polar surface area (TPSA) is 230 Å². The summed E-state index contributed by atoms with van der Waals surface area (Å²) in [5, 5.41) is 13.4. The van der Waals surface area contributed by atoms with Gasteiger partial charge in [0.15, 0.2) is 11.5 Å². The van der Waals surface area contributed by atoms with E-state index in [0.29, 0.717) is 16.7 Å². The molecule has 0 atom stereocenters. The van der Waals surface area contributed by atoms with Crippen molar-refractivity contribution in [2.24, 2.45) is 0 Å². The molecule has 3 heterocycles. The normalized spacial score (nSPS) is 11.9. The quantitative estimate of drug-likeness (QED) is 0.153. The maximum Gasteiger partial charge on any atom is 0.309 e. The number of anilines is 4. The Bertz CT molecular complexity index is 1350. The van der Waals surface area contributed by atoms with Crippen LogP contribution in [0.2, 0.25) is 0 Å². The van der Waals surface area contributed by atoms with Crippen LogP contribution in [0.1, 0.15) is 5.69 Å². The lowest BCUT2D eigenvalue weighted by atomic mass is 10.3. The molecule has 4 rings (SSSR count). The summed E-state index contributed by atoms with van der Waals surface area (Å²) in [5.41, 5.74) is 18.3. The first-order chi connectivity index (χ1) is 13.6. The maximum absolute atomic E-state index is 11.4. The standard InChI is InChI=1S/C14H15N9O5S/c15-11-12(16)19-14(18-11)21-20-10-7(4-9(24)25)22-23-8-3-5(29(26,27)28)1-2-6(8)17-13(10)23/h1-3,17,20H,4,15-16H2,(H,24,25)(H2,18,19,21)(H,26,27,28). The number of fused-ring (bicyclic) bond motifs is 3. The van der Waals surface area contributed by atoms with Gasteiger partial charge in [0, 0.05) is 0 Å². The number of hydrogen-bond donors (Lipinski definition) is 8. The number of nitrogens with two attached hydrogens (primary N) is 2. The first-order valence-corrected chi connectivity index (χ1v) is 9.43. The molecule has 0 aliphatic carbocycles. The van der Waals surface area contributed by atoms with E-state index in [1.807, 2.05) is 0 Å². The number of carboxylic acids is 1. The number of hydrogen-bond acceptors (Lipinski definition) is 9. The molecule has 0 saturated carbocycles. The molecule has 0 bridgehead atoms. The predicted molar refractivity (Wildman–Crippen MR) is 103 cm³/mol. The zero-order chi connectivity index (χ0) is 20.9. The van der Waals surface area contributed by atoms with Gasteiger partial charge in [-0.05, 0) is 18.2 Å². The minimum absolute atomic E-state index is 0.0866. The summed E-state index contributed by atoms with van der Waals surface area (Å²) in [6.07, 6.45) is -0.415. The number of hydrazine groups is 1. The van der Waals surface area contributed by atoms with E-state index >= 15 is 0 Å². The highest BCUT2D eigenvalue weighted by Crippen LogP contribution is 2.28. The highest BCUT2D eigenvalue weighted by atomic mass is 32.2. The molecule has 152 valence electrons. The number of nitrogens with zero attached hydrogens (tertiary/aromatic N) is 3. The largest absolute Gasteiger partial charge is 0.481 e. The van der Waals surface area contributed by atoms with E-state index in [2.05, 4.69) is 30.9 Å². The van der Waals surface area contributed by atoms with Crippen LogP contribution in [0.4, 0.5) is 23.3 Å². The fourth-order valence-electron chi connectivity index (χ4n) is 2.81. The van der Waals surface area contributed by atoms with Gasteiger partial charge in [-0.3, -0.25) is 20.2 Å². The Labute approximate surface area is 161 Å². The van der Waals surface area contributed by atoms with Gasteiger partial charge in [0.25, 0.3) is 10.1 Å². The summed E-state index contributed by atoms with van der Waals surface area (Å²) in [5.74, 6) is -0.694. The Hall–Kier alpha value is -3.98. The lowest BCUT2D eigenvalue weighted by Crippen LogP contribution is -2.13. The number of imidazole rings is 2. The lowest BCUT2D eigenvalue weighted by Gasteiger charge is -2.06. The van der Waals surface area contributed by atoms with E-state index < -0.39 is 22.5 Å². The average molecular weight is 421 g/mol. The molecule has 0 aliphatic rings. The molecule has 29 heavy (non-hydrogen) atoms. The molecule has 0 fully saturated rings. The fraction of sp³-hybridized carbons (Fsp3) is 0.0714. The third-order valence-electron chi connectivity index (χ3n) is 4.09. The molecular formula is C14H15N9O5S.